The molecule has 0 radical (unpaired) electrons. The van der Waals surface area contributed by atoms with Gasteiger partial charge in [-0.3, -0.25) is 19.9 Å². The van der Waals surface area contributed by atoms with E-state index in [2.05, 4.69) is 10.3 Å². The summed E-state index contributed by atoms with van der Waals surface area (Å²) in [6.45, 7) is 0. The quantitative estimate of drug-likeness (QED) is 0.611. The number of amides is 1. The van der Waals surface area contributed by atoms with E-state index < -0.39 is 34.3 Å². The standard InChI is InChI=1S/C15H12FN3O5/c16-11-4-3-9(7-13(11)19(23)24)6-12(15(21)22)18-14(20)10-2-1-5-17-8-10/h1-5,7-8,12H,6H2,(H,18,20)(H,21,22)/t12-/m0/s1. The highest BCUT2D eigenvalue weighted by molar-refractivity contribution is 5.96. The number of nitro benzene ring substituents is 1. The van der Waals surface area contributed by atoms with Crippen molar-refractivity contribution in [3.8, 4) is 0 Å². The third-order valence-electron chi connectivity index (χ3n) is 3.17. The van der Waals surface area contributed by atoms with Crippen LogP contribution in [-0.4, -0.2) is 32.9 Å². The van der Waals surface area contributed by atoms with Crippen molar-refractivity contribution >= 4 is 17.6 Å². The fraction of sp³-hybridized carbons (Fsp3) is 0.133. The number of carbonyl (C=O) groups excluding carboxylic acids is 1. The van der Waals surface area contributed by atoms with Crippen LogP contribution in [0.25, 0.3) is 0 Å². The van der Waals surface area contributed by atoms with E-state index in [4.69, 9.17) is 0 Å². The highest BCUT2D eigenvalue weighted by atomic mass is 19.1. The molecule has 8 nitrogen and oxygen atoms in total. The molecule has 124 valence electrons. The maximum absolute atomic E-state index is 13.3. The predicted molar refractivity (Wildman–Crippen MR) is 79.9 cm³/mol. The summed E-state index contributed by atoms with van der Waals surface area (Å²) in [6, 6.07) is 4.71. The number of nitro groups is 1. The van der Waals surface area contributed by atoms with Gasteiger partial charge in [0.15, 0.2) is 0 Å². The number of rotatable bonds is 6. The van der Waals surface area contributed by atoms with Gasteiger partial charge in [-0.15, -0.1) is 0 Å². The van der Waals surface area contributed by atoms with E-state index in [-0.39, 0.29) is 17.5 Å². The molecular weight excluding hydrogens is 321 g/mol. The zero-order valence-corrected chi connectivity index (χ0v) is 12.2. The monoisotopic (exact) mass is 333 g/mol. The van der Waals surface area contributed by atoms with Crippen molar-refractivity contribution in [3.63, 3.8) is 0 Å². The molecule has 0 spiro atoms. The number of hydrogen-bond acceptors (Lipinski definition) is 5. The number of carboxylic acids is 1. The molecule has 0 fully saturated rings. The van der Waals surface area contributed by atoms with Crippen molar-refractivity contribution in [2.24, 2.45) is 0 Å². The Morgan fingerprint density at radius 3 is 2.71 bits per heavy atom. The molecule has 0 saturated carbocycles. The van der Waals surface area contributed by atoms with Gasteiger partial charge < -0.3 is 10.4 Å². The van der Waals surface area contributed by atoms with E-state index in [1.807, 2.05) is 0 Å². The first-order valence-corrected chi connectivity index (χ1v) is 6.75. The first-order valence-electron chi connectivity index (χ1n) is 6.75. The van der Waals surface area contributed by atoms with E-state index in [1.54, 1.807) is 0 Å². The Morgan fingerprint density at radius 1 is 1.38 bits per heavy atom. The van der Waals surface area contributed by atoms with E-state index in [1.165, 1.54) is 30.6 Å². The first kappa shape index (κ1) is 17.0. The molecule has 1 aromatic heterocycles. The number of nitrogens with one attached hydrogen (secondary N) is 1. The number of hydrogen-bond donors (Lipinski definition) is 2. The van der Waals surface area contributed by atoms with Gasteiger partial charge in [0.25, 0.3) is 5.91 Å². The van der Waals surface area contributed by atoms with Gasteiger partial charge in [-0.2, -0.15) is 4.39 Å². The van der Waals surface area contributed by atoms with Gasteiger partial charge in [-0.05, 0) is 23.8 Å². The summed E-state index contributed by atoms with van der Waals surface area (Å²) in [5.74, 6) is -2.98. The third-order valence-corrected chi connectivity index (χ3v) is 3.17. The third kappa shape index (κ3) is 4.09. The maximum Gasteiger partial charge on any atom is 0.326 e. The number of aromatic nitrogens is 1. The Balaban J connectivity index is 2.17. The zero-order chi connectivity index (χ0) is 17.7. The van der Waals surface area contributed by atoms with E-state index in [0.29, 0.717) is 0 Å². The predicted octanol–water partition coefficient (Wildman–Crippen LogP) is 1.55. The van der Waals surface area contributed by atoms with E-state index in [0.717, 1.165) is 12.1 Å². The molecule has 1 heterocycles. The van der Waals surface area contributed by atoms with Crippen LogP contribution in [0, 0.1) is 15.9 Å². The van der Waals surface area contributed by atoms with E-state index in [9.17, 15) is 29.2 Å². The molecule has 0 unspecified atom stereocenters. The molecule has 0 aliphatic rings. The van der Waals surface area contributed by atoms with Crippen molar-refractivity contribution in [1.29, 1.82) is 0 Å². The van der Waals surface area contributed by atoms with Crippen molar-refractivity contribution < 1.29 is 24.0 Å². The van der Waals surface area contributed by atoms with Crippen LogP contribution in [0.3, 0.4) is 0 Å². The SMILES string of the molecule is O=C(N[C@@H](Cc1ccc(F)c([N+](=O)[O-])c1)C(=O)O)c1cccnc1. The normalized spacial score (nSPS) is 11.5. The Hall–Kier alpha value is -3.36. The Bertz CT molecular complexity index is 782. The summed E-state index contributed by atoms with van der Waals surface area (Å²) in [4.78, 5) is 36.9. The second-order valence-electron chi connectivity index (χ2n) is 4.85. The fourth-order valence-electron chi connectivity index (χ4n) is 2.00. The smallest absolute Gasteiger partial charge is 0.326 e. The van der Waals surface area contributed by atoms with Crippen LogP contribution >= 0.6 is 0 Å². The maximum atomic E-state index is 13.3. The minimum absolute atomic E-state index is 0.175. The first-order chi connectivity index (χ1) is 11.4. The minimum atomic E-state index is -1.33. The van der Waals surface area contributed by atoms with Crippen LogP contribution in [0.4, 0.5) is 10.1 Å². The fourth-order valence-corrected chi connectivity index (χ4v) is 2.00. The van der Waals surface area contributed by atoms with Gasteiger partial charge in [0.2, 0.25) is 5.82 Å². The van der Waals surface area contributed by atoms with E-state index >= 15 is 0 Å². The second-order valence-corrected chi connectivity index (χ2v) is 4.85. The van der Waals surface area contributed by atoms with Gasteiger partial charge in [-0.25, -0.2) is 4.79 Å². The van der Waals surface area contributed by atoms with Crippen molar-refractivity contribution in [1.82, 2.24) is 10.3 Å². The number of aliphatic carboxylic acids is 1. The lowest BCUT2D eigenvalue weighted by molar-refractivity contribution is -0.387. The van der Waals surface area contributed by atoms with Crippen LogP contribution in [0.2, 0.25) is 0 Å². The number of nitrogens with zero attached hydrogens (tertiary/aromatic N) is 2. The van der Waals surface area contributed by atoms with Gasteiger partial charge in [-0.1, -0.05) is 6.07 Å². The second kappa shape index (κ2) is 7.27. The van der Waals surface area contributed by atoms with Gasteiger partial charge >= 0.3 is 11.7 Å². The molecule has 2 rings (SSSR count). The van der Waals surface area contributed by atoms with Gasteiger partial charge in [0.05, 0.1) is 10.5 Å². The lowest BCUT2D eigenvalue weighted by Crippen LogP contribution is -2.42. The molecular formula is C15H12FN3O5. The van der Waals surface area contributed by atoms with Crippen molar-refractivity contribution in [3.05, 3.63) is 69.8 Å². The van der Waals surface area contributed by atoms with Crippen LogP contribution < -0.4 is 5.32 Å². The summed E-state index contributed by atoms with van der Waals surface area (Å²) in [5, 5.41) is 22.3. The average molecular weight is 333 g/mol. The molecule has 2 aromatic rings. The highest BCUT2D eigenvalue weighted by Crippen LogP contribution is 2.19. The van der Waals surface area contributed by atoms with Crippen LogP contribution in [0.5, 0.6) is 0 Å². The summed E-state index contributed by atoms with van der Waals surface area (Å²) in [6.07, 6.45) is 2.50. The van der Waals surface area contributed by atoms with Crippen molar-refractivity contribution in [2.75, 3.05) is 0 Å². The Morgan fingerprint density at radius 2 is 2.12 bits per heavy atom. The van der Waals surface area contributed by atoms with Crippen LogP contribution in [0.1, 0.15) is 15.9 Å². The Kier molecular flexibility index (Phi) is 5.15. The largest absolute Gasteiger partial charge is 0.480 e. The molecule has 0 bridgehead atoms. The Labute approximate surface area is 135 Å². The zero-order valence-electron chi connectivity index (χ0n) is 12.2. The number of halogens is 1. The molecule has 1 amide bonds. The summed E-state index contributed by atoms with van der Waals surface area (Å²) < 4.78 is 13.3. The molecule has 2 N–H and O–H groups in total. The molecule has 1 aromatic carbocycles. The molecule has 1 atom stereocenters. The average Bonchev–Trinajstić information content (AvgIpc) is 2.56. The molecule has 0 aliphatic carbocycles. The highest BCUT2D eigenvalue weighted by Gasteiger charge is 2.23. The molecule has 24 heavy (non-hydrogen) atoms. The van der Waals surface area contributed by atoms with Gasteiger partial charge in [0, 0.05) is 24.9 Å². The number of carboxylic acid groups (broad SMARTS) is 1. The topological polar surface area (TPSA) is 122 Å². The number of benzene rings is 1. The lowest BCUT2D eigenvalue weighted by Gasteiger charge is -2.14. The van der Waals surface area contributed by atoms with Gasteiger partial charge in [0.1, 0.15) is 6.04 Å². The minimum Gasteiger partial charge on any atom is -0.480 e. The van der Waals surface area contributed by atoms with Crippen LogP contribution in [-0.2, 0) is 11.2 Å². The lowest BCUT2D eigenvalue weighted by atomic mass is 10.0. The van der Waals surface area contributed by atoms with Crippen LogP contribution in [0.15, 0.2) is 42.7 Å². The molecule has 0 saturated heterocycles. The summed E-state index contributed by atoms with van der Waals surface area (Å²) >= 11 is 0. The molecule has 9 heteroatoms. The van der Waals surface area contributed by atoms with Crippen molar-refractivity contribution in [2.45, 2.75) is 12.5 Å². The molecule has 0 aliphatic heterocycles. The number of pyridine rings is 1. The number of carbonyl (C=O) groups is 2. The summed E-state index contributed by atoms with van der Waals surface area (Å²) in [5.41, 5.74) is -0.369. The summed E-state index contributed by atoms with van der Waals surface area (Å²) in [7, 11) is 0.